The van der Waals surface area contributed by atoms with Gasteiger partial charge in [0.2, 0.25) is 16.9 Å². The van der Waals surface area contributed by atoms with E-state index >= 15 is 0 Å². The number of amides is 2. The van der Waals surface area contributed by atoms with Crippen molar-refractivity contribution >= 4 is 75.1 Å². The number of nitrogen functional groups attached to an aromatic ring is 1. The molecule has 57 heavy (non-hydrogen) atoms. The summed E-state index contributed by atoms with van der Waals surface area (Å²) in [6.45, 7) is 1.33. The summed E-state index contributed by atoms with van der Waals surface area (Å²) in [6.07, 6.45) is -7.48. The molecule has 0 aromatic carbocycles. The minimum atomic E-state index is -5.92. The second-order valence-electron chi connectivity index (χ2n) is 12.5. The number of nitrogens with one attached hydrogen (secondary N) is 2. The number of aromatic nitrogens is 4. The molecule has 3 rings (SSSR count). The number of aliphatic hydroxyl groups excluding tert-OH is 2. The number of aliphatic hydroxyl groups is 2. The van der Waals surface area contributed by atoms with Crippen molar-refractivity contribution in [2.45, 2.75) is 64.3 Å². The Morgan fingerprint density at radius 1 is 1.09 bits per heavy atom. The fourth-order valence-corrected chi connectivity index (χ4v) is 8.43. The molecule has 2 aromatic heterocycles. The van der Waals surface area contributed by atoms with Gasteiger partial charge in [-0.1, -0.05) is 32.5 Å². The standard InChI is InChI=1S/C26H42N7O19P3S.Li/c1-4-13(24(38)39)25(40)56-8-7-28-15(34)5-6-29-22(37)19(36)26(2,3)10-49-55(46,47)52-54(44,45)48-9-14-18(51-53(41,42)43)17(35)23(50-14)33-12-32-16-20(27)30-11-31-21(16)33;/h11-14,17-19,23,35-36H,4-10H2,1-3H3,(H,28,34)(H,29,37)(H,38,39)(H,44,45)(H,46,47)(H2,27,30,31)(H2,41,42,43);/q;+1/p-3. The Kier molecular flexibility index (Phi) is 18.9. The summed E-state index contributed by atoms with van der Waals surface area (Å²) in [5, 5.41) is 34.5. The molecule has 1 saturated heterocycles. The molecule has 9 atom stereocenters. The van der Waals surface area contributed by atoms with Crippen LogP contribution in [0.15, 0.2) is 12.7 Å². The number of carboxylic acid groups (broad SMARTS) is 1. The molecule has 1 fully saturated rings. The zero-order valence-corrected chi connectivity index (χ0v) is 34.1. The molecule has 316 valence electrons. The van der Waals surface area contributed by atoms with E-state index in [0.717, 1.165) is 29.0 Å². The molecule has 9 unspecified atom stereocenters. The number of anilines is 1. The molecule has 31 heteroatoms. The first kappa shape index (κ1) is 50.8. The van der Waals surface area contributed by atoms with Crippen molar-refractivity contribution in [3.63, 3.8) is 0 Å². The number of aliphatic carboxylic acids is 1. The number of hydrogen-bond donors (Lipinski definition) is 7. The second-order valence-corrected chi connectivity index (χ2v) is 17.7. The first-order valence-corrected chi connectivity index (χ1v) is 21.5. The molecule has 0 bridgehead atoms. The zero-order valence-electron chi connectivity index (χ0n) is 30.6. The van der Waals surface area contributed by atoms with Gasteiger partial charge in [0.05, 0.1) is 19.5 Å². The largest absolute Gasteiger partial charge is 1.00 e. The van der Waals surface area contributed by atoms with E-state index in [4.69, 9.17) is 15.6 Å². The fraction of sp³-hybridized carbons (Fsp3) is 0.654. The number of thioether (sulfide) groups is 1. The number of carbonyl (C=O) groups is 4. The van der Waals surface area contributed by atoms with E-state index in [-0.39, 0.29) is 67.5 Å². The number of ether oxygens (including phenoxy) is 1. The number of nitrogens with zero attached hydrogens (tertiary/aromatic N) is 4. The molecule has 2 aromatic rings. The van der Waals surface area contributed by atoms with Crippen molar-refractivity contribution < 1.29 is 109 Å². The Balaban J connectivity index is 0.0000112. The van der Waals surface area contributed by atoms with Crippen LogP contribution < -0.4 is 49.9 Å². The van der Waals surface area contributed by atoms with Crippen molar-refractivity contribution in [3.8, 4) is 0 Å². The predicted octanol–water partition coefficient (Wildman–Crippen LogP) is -6.12. The van der Waals surface area contributed by atoms with E-state index in [1.807, 2.05) is 0 Å². The number of nitrogens with two attached hydrogens (primary N) is 1. The van der Waals surface area contributed by atoms with Crippen LogP contribution in [0.5, 0.6) is 0 Å². The maximum absolute atomic E-state index is 12.5. The van der Waals surface area contributed by atoms with Gasteiger partial charge in [0.25, 0.3) is 23.5 Å². The van der Waals surface area contributed by atoms with Gasteiger partial charge in [-0.15, -0.1) is 0 Å². The zero-order chi connectivity index (χ0) is 42.2. The molecule has 26 nitrogen and oxygen atoms in total. The summed E-state index contributed by atoms with van der Waals surface area (Å²) in [4.78, 5) is 105. The van der Waals surface area contributed by atoms with Gasteiger partial charge >= 0.3 is 24.8 Å². The van der Waals surface area contributed by atoms with Crippen LogP contribution in [-0.2, 0) is 55.5 Å². The normalized spacial score (nSPS) is 22.6. The number of rotatable bonds is 22. The van der Waals surface area contributed by atoms with Crippen LogP contribution in [0, 0.1) is 11.3 Å². The molecule has 8 N–H and O–H groups in total. The molecule has 2 amide bonds. The molecular weight excluding hydrogens is 846 g/mol. The van der Waals surface area contributed by atoms with Crippen molar-refractivity contribution in [1.82, 2.24) is 30.2 Å². The first-order chi connectivity index (χ1) is 25.9. The third-order valence-electron chi connectivity index (χ3n) is 7.72. The Bertz CT molecular complexity index is 1890. The Morgan fingerprint density at radius 3 is 2.35 bits per heavy atom. The number of imidazole rings is 1. The van der Waals surface area contributed by atoms with E-state index in [2.05, 4.69) is 43.5 Å². The van der Waals surface area contributed by atoms with E-state index in [1.54, 1.807) is 6.92 Å². The third kappa shape index (κ3) is 15.0. The Labute approximate surface area is 339 Å². The number of hydrogen-bond acceptors (Lipinski definition) is 22. The summed E-state index contributed by atoms with van der Waals surface area (Å²) in [7, 11) is -17.4. The average Bonchev–Trinajstić information content (AvgIpc) is 3.64. The van der Waals surface area contributed by atoms with Gasteiger partial charge in [-0.25, -0.2) is 19.3 Å². The van der Waals surface area contributed by atoms with E-state index in [0.29, 0.717) is 0 Å². The van der Waals surface area contributed by atoms with Crippen LogP contribution in [0.4, 0.5) is 5.82 Å². The van der Waals surface area contributed by atoms with E-state index < -0.39 is 102 Å². The van der Waals surface area contributed by atoms with Gasteiger partial charge in [-0.05, 0) is 6.42 Å². The molecule has 1 aliphatic rings. The van der Waals surface area contributed by atoms with Gasteiger partial charge in [-0.2, -0.15) is 0 Å². The van der Waals surface area contributed by atoms with Gasteiger partial charge < -0.3 is 69.6 Å². The summed E-state index contributed by atoms with van der Waals surface area (Å²) in [5.41, 5.74) is 4.04. The minimum absolute atomic E-state index is 0. The Morgan fingerprint density at radius 2 is 1.74 bits per heavy atom. The van der Waals surface area contributed by atoms with Crippen LogP contribution in [-0.4, -0.2) is 119 Å². The summed E-state index contributed by atoms with van der Waals surface area (Å²) < 4.78 is 60.7. The quantitative estimate of drug-likeness (QED) is 0.0250. The van der Waals surface area contributed by atoms with Crippen LogP contribution in [0.25, 0.3) is 11.2 Å². The number of phosphoric ester groups is 3. The maximum atomic E-state index is 12.5. The van der Waals surface area contributed by atoms with E-state index in [9.17, 15) is 62.7 Å². The van der Waals surface area contributed by atoms with Crippen molar-refractivity contribution in [1.29, 1.82) is 0 Å². The predicted molar refractivity (Wildman–Crippen MR) is 182 cm³/mol. The van der Waals surface area contributed by atoms with Gasteiger partial charge in [-0.3, -0.25) is 37.4 Å². The van der Waals surface area contributed by atoms with Crippen LogP contribution >= 0.6 is 35.2 Å². The topological polar surface area (TPSA) is 409 Å². The first-order valence-electron chi connectivity index (χ1n) is 16.1. The second kappa shape index (κ2) is 21.2. The van der Waals surface area contributed by atoms with Crippen molar-refractivity contribution in [3.05, 3.63) is 12.7 Å². The average molecular weight is 886 g/mol. The summed E-state index contributed by atoms with van der Waals surface area (Å²) in [5.74, 6) is -4.02. The molecular formula is C26H39LiN7O19P3S-2. The van der Waals surface area contributed by atoms with E-state index in [1.165, 1.54) is 13.8 Å². The Hall–Kier alpha value is -2.37. The number of carboxylic acids is 1. The van der Waals surface area contributed by atoms with Crippen LogP contribution in [0.2, 0.25) is 0 Å². The molecule has 3 heterocycles. The SMILES string of the molecule is CCC(C(=O)O)C(=O)SCCNC(=O)CCNC(=O)C(O)C(C)(C)COP(=O)([O-])OP(=O)([O-])OCC1OC(n2cnc3c(N)ncnc32)C(O)C1OP(=O)([O-])O.[Li+]. The molecule has 0 spiro atoms. The number of carbonyl (C=O) groups excluding carboxylic acids is 3. The van der Waals surface area contributed by atoms with Crippen molar-refractivity contribution in [2.75, 3.05) is 37.8 Å². The summed E-state index contributed by atoms with van der Waals surface area (Å²) >= 11 is 0.741. The van der Waals surface area contributed by atoms with Gasteiger partial charge in [0.15, 0.2) is 17.7 Å². The van der Waals surface area contributed by atoms with Crippen LogP contribution in [0.1, 0.15) is 39.8 Å². The monoisotopic (exact) mass is 885 g/mol. The molecule has 0 saturated carbocycles. The molecule has 1 aliphatic heterocycles. The maximum Gasteiger partial charge on any atom is 1.00 e. The molecule has 0 aliphatic carbocycles. The van der Waals surface area contributed by atoms with Crippen LogP contribution in [0.3, 0.4) is 0 Å². The van der Waals surface area contributed by atoms with Gasteiger partial charge in [0, 0.05) is 30.7 Å². The summed E-state index contributed by atoms with van der Waals surface area (Å²) in [6, 6.07) is 0. The van der Waals surface area contributed by atoms with Crippen molar-refractivity contribution in [2.24, 2.45) is 11.3 Å². The fourth-order valence-electron chi connectivity index (χ4n) is 4.81. The number of fused-ring (bicyclic) bond motifs is 1. The smallest absolute Gasteiger partial charge is 0.756 e. The number of phosphoric acid groups is 3. The minimum Gasteiger partial charge on any atom is -0.756 e. The third-order valence-corrected chi connectivity index (χ3v) is 11.7. The van der Waals surface area contributed by atoms with Gasteiger partial charge in [0.1, 0.15) is 42.2 Å². The molecule has 0 radical (unpaired) electrons.